The molecule has 3 unspecified atom stereocenters. The van der Waals surface area contributed by atoms with Crippen LogP contribution in [0.15, 0.2) is 0 Å². The Hall–Kier alpha value is -0.570. The molecular weight excluding hydrogens is 212 g/mol. The summed E-state index contributed by atoms with van der Waals surface area (Å²) in [4.78, 5) is 11.9. The topological polar surface area (TPSA) is 41.1 Å². The molecule has 0 aromatic carbocycles. The number of carbonyl (C=O) groups excluding carboxylic acids is 1. The van der Waals surface area contributed by atoms with Gasteiger partial charge in [0.25, 0.3) is 0 Å². The maximum Gasteiger partial charge on any atom is 0.236 e. The second-order valence-electron chi connectivity index (χ2n) is 5.73. The van der Waals surface area contributed by atoms with E-state index in [1.807, 2.05) is 6.92 Å². The van der Waals surface area contributed by atoms with E-state index in [0.717, 1.165) is 12.5 Å². The minimum absolute atomic E-state index is 0.0640. The number of hydrogen-bond donors (Lipinski definition) is 2. The van der Waals surface area contributed by atoms with E-state index < -0.39 is 0 Å². The molecule has 3 atom stereocenters. The molecule has 3 nitrogen and oxygen atoms in total. The molecule has 2 N–H and O–H groups in total. The monoisotopic (exact) mass is 240 g/mol. The lowest BCUT2D eigenvalue weighted by atomic mass is 10.00. The van der Waals surface area contributed by atoms with Gasteiger partial charge >= 0.3 is 0 Å². The highest BCUT2D eigenvalue weighted by atomic mass is 16.2. The van der Waals surface area contributed by atoms with E-state index >= 15 is 0 Å². The first-order chi connectivity index (χ1) is 8.04. The Kier molecular flexibility index (Phi) is 5.96. The van der Waals surface area contributed by atoms with Gasteiger partial charge in [-0.1, -0.05) is 33.6 Å². The van der Waals surface area contributed by atoms with E-state index in [4.69, 9.17) is 0 Å². The highest BCUT2D eigenvalue weighted by molar-refractivity contribution is 5.81. The van der Waals surface area contributed by atoms with Gasteiger partial charge in [-0.05, 0) is 31.6 Å². The van der Waals surface area contributed by atoms with Crippen LogP contribution in [0.3, 0.4) is 0 Å². The van der Waals surface area contributed by atoms with Crippen LogP contribution in [-0.2, 0) is 4.79 Å². The number of hydrogen-bond acceptors (Lipinski definition) is 2. The van der Waals surface area contributed by atoms with Crippen molar-refractivity contribution in [3.63, 3.8) is 0 Å². The van der Waals surface area contributed by atoms with Crippen molar-refractivity contribution in [2.45, 2.75) is 65.5 Å². The summed E-state index contributed by atoms with van der Waals surface area (Å²) in [5.41, 5.74) is 0. The Morgan fingerprint density at radius 1 is 1.29 bits per heavy atom. The normalized spacial score (nSPS) is 26.2. The molecule has 0 aromatic rings. The Morgan fingerprint density at radius 2 is 2.00 bits per heavy atom. The molecule has 1 fully saturated rings. The highest BCUT2D eigenvalue weighted by Crippen LogP contribution is 2.28. The molecule has 0 radical (unpaired) electrons. The largest absolute Gasteiger partial charge is 0.354 e. The van der Waals surface area contributed by atoms with E-state index in [0.29, 0.717) is 12.0 Å². The summed E-state index contributed by atoms with van der Waals surface area (Å²) in [5, 5.41) is 6.48. The van der Waals surface area contributed by atoms with Crippen LogP contribution in [0, 0.1) is 11.8 Å². The van der Waals surface area contributed by atoms with E-state index in [-0.39, 0.29) is 11.9 Å². The zero-order valence-corrected chi connectivity index (χ0v) is 11.8. The molecule has 0 aromatic heterocycles. The fourth-order valence-electron chi connectivity index (χ4n) is 2.60. The van der Waals surface area contributed by atoms with Crippen molar-refractivity contribution in [2.24, 2.45) is 11.8 Å². The molecule has 1 aliphatic carbocycles. The van der Waals surface area contributed by atoms with Crippen LogP contribution >= 0.6 is 0 Å². The lowest BCUT2D eigenvalue weighted by molar-refractivity contribution is -0.123. The predicted molar refractivity (Wildman–Crippen MR) is 71.9 cm³/mol. The molecule has 1 aliphatic rings. The van der Waals surface area contributed by atoms with Gasteiger partial charge < -0.3 is 10.6 Å². The number of carbonyl (C=O) groups is 1. The Balaban J connectivity index is 2.32. The molecule has 3 heteroatoms. The van der Waals surface area contributed by atoms with Crippen molar-refractivity contribution in [1.82, 2.24) is 10.6 Å². The van der Waals surface area contributed by atoms with E-state index in [1.54, 1.807) is 0 Å². The zero-order chi connectivity index (χ0) is 12.8. The molecule has 0 aliphatic heterocycles. The number of nitrogens with one attached hydrogen (secondary N) is 2. The zero-order valence-electron chi connectivity index (χ0n) is 11.8. The average molecular weight is 240 g/mol. The van der Waals surface area contributed by atoms with Gasteiger partial charge in [-0.25, -0.2) is 0 Å². The summed E-state index contributed by atoms with van der Waals surface area (Å²) in [5.74, 6) is 1.41. The predicted octanol–water partition coefficient (Wildman–Crippen LogP) is 2.32. The first kappa shape index (κ1) is 14.5. The fourth-order valence-corrected chi connectivity index (χ4v) is 2.60. The number of rotatable bonds is 6. The Labute approximate surface area is 106 Å². The molecule has 1 amide bonds. The summed E-state index contributed by atoms with van der Waals surface area (Å²) >= 11 is 0. The van der Waals surface area contributed by atoms with Crippen molar-refractivity contribution < 1.29 is 4.79 Å². The van der Waals surface area contributed by atoms with Crippen molar-refractivity contribution in [2.75, 3.05) is 6.54 Å². The third-order valence-electron chi connectivity index (χ3n) is 3.73. The average Bonchev–Trinajstić information content (AvgIpc) is 2.72. The van der Waals surface area contributed by atoms with Crippen LogP contribution in [0.25, 0.3) is 0 Å². The van der Waals surface area contributed by atoms with Crippen molar-refractivity contribution >= 4 is 5.91 Å². The SMILES string of the molecule is CCC1CCCC1NC(C)C(=O)NCC(C)C. The van der Waals surface area contributed by atoms with Gasteiger partial charge in [0, 0.05) is 12.6 Å². The van der Waals surface area contributed by atoms with Crippen molar-refractivity contribution in [3.8, 4) is 0 Å². The van der Waals surface area contributed by atoms with Crippen molar-refractivity contribution in [3.05, 3.63) is 0 Å². The van der Waals surface area contributed by atoms with E-state index in [1.165, 1.54) is 25.7 Å². The molecular formula is C14H28N2O. The van der Waals surface area contributed by atoms with Crippen LogP contribution in [0.4, 0.5) is 0 Å². The Bertz CT molecular complexity index is 240. The molecule has 0 bridgehead atoms. The van der Waals surface area contributed by atoms with Gasteiger partial charge in [0.05, 0.1) is 6.04 Å². The molecule has 100 valence electrons. The van der Waals surface area contributed by atoms with Crippen LogP contribution < -0.4 is 10.6 Å². The van der Waals surface area contributed by atoms with Crippen LogP contribution in [0.2, 0.25) is 0 Å². The third kappa shape index (κ3) is 4.66. The molecule has 0 spiro atoms. The molecule has 0 saturated heterocycles. The quantitative estimate of drug-likeness (QED) is 0.748. The second-order valence-corrected chi connectivity index (χ2v) is 5.73. The molecule has 17 heavy (non-hydrogen) atoms. The summed E-state index contributed by atoms with van der Waals surface area (Å²) in [6.45, 7) is 9.21. The maximum absolute atomic E-state index is 11.9. The van der Waals surface area contributed by atoms with Gasteiger partial charge in [0.1, 0.15) is 0 Å². The molecule has 0 heterocycles. The van der Waals surface area contributed by atoms with E-state index in [9.17, 15) is 4.79 Å². The lowest BCUT2D eigenvalue weighted by Gasteiger charge is -2.24. The summed E-state index contributed by atoms with van der Waals surface area (Å²) in [6, 6.07) is 0.477. The number of amides is 1. The van der Waals surface area contributed by atoms with Crippen LogP contribution in [0.5, 0.6) is 0 Å². The molecule has 1 rings (SSSR count). The van der Waals surface area contributed by atoms with Gasteiger partial charge in [0.2, 0.25) is 5.91 Å². The van der Waals surface area contributed by atoms with Crippen LogP contribution in [-0.4, -0.2) is 24.5 Å². The lowest BCUT2D eigenvalue weighted by Crippen LogP contribution is -2.48. The van der Waals surface area contributed by atoms with E-state index in [2.05, 4.69) is 31.4 Å². The van der Waals surface area contributed by atoms with Gasteiger partial charge in [-0.3, -0.25) is 4.79 Å². The standard InChI is InChI=1S/C14H28N2O/c1-5-12-7-6-8-13(12)16-11(4)14(17)15-9-10(2)3/h10-13,16H,5-9H2,1-4H3,(H,15,17). The molecule has 1 saturated carbocycles. The smallest absolute Gasteiger partial charge is 0.236 e. The van der Waals surface area contributed by atoms with Gasteiger partial charge in [-0.15, -0.1) is 0 Å². The first-order valence-electron chi connectivity index (χ1n) is 7.08. The maximum atomic E-state index is 11.9. The summed E-state index contributed by atoms with van der Waals surface area (Å²) < 4.78 is 0. The summed E-state index contributed by atoms with van der Waals surface area (Å²) in [7, 11) is 0. The van der Waals surface area contributed by atoms with Crippen LogP contribution in [0.1, 0.15) is 53.4 Å². The van der Waals surface area contributed by atoms with Crippen molar-refractivity contribution in [1.29, 1.82) is 0 Å². The summed E-state index contributed by atoms with van der Waals surface area (Å²) in [6.07, 6.45) is 5.06. The first-order valence-corrected chi connectivity index (χ1v) is 7.08. The fraction of sp³-hybridized carbons (Fsp3) is 0.929. The van der Waals surface area contributed by atoms with Gasteiger partial charge in [0.15, 0.2) is 0 Å². The Morgan fingerprint density at radius 3 is 2.59 bits per heavy atom. The third-order valence-corrected chi connectivity index (χ3v) is 3.73. The minimum atomic E-state index is -0.0640. The van der Waals surface area contributed by atoms with Gasteiger partial charge in [-0.2, -0.15) is 0 Å². The minimum Gasteiger partial charge on any atom is -0.354 e. The second kappa shape index (κ2) is 7.00. The highest BCUT2D eigenvalue weighted by Gasteiger charge is 2.28.